The molecule has 1 saturated heterocycles. The average molecular weight is 256 g/mol. The van der Waals surface area contributed by atoms with Crippen LogP contribution in [0.3, 0.4) is 0 Å². The third kappa shape index (κ3) is 5.04. The van der Waals surface area contributed by atoms with E-state index < -0.39 is 5.97 Å². The number of carbonyl (C=O) groups is 2. The number of nitrogens with zero attached hydrogens (tertiary/aromatic N) is 1. The Morgan fingerprint density at radius 3 is 2.83 bits per heavy atom. The quantitative estimate of drug-likeness (QED) is 0.748. The first-order chi connectivity index (χ1) is 8.52. The van der Waals surface area contributed by atoms with Gasteiger partial charge in [0.25, 0.3) is 0 Å². The normalized spacial score (nSPS) is 21.7. The summed E-state index contributed by atoms with van der Waals surface area (Å²) in [6.45, 7) is 3.37. The average Bonchev–Trinajstić information content (AvgIpc) is 2.28. The second-order valence-electron chi connectivity index (χ2n) is 5.20. The second-order valence-corrected chi connectivity index (χ2v) is 5.20. The summed E-state index contributed by atoms with van der Waals surface area (Å²) in [6.07, 6.45) is 4.18. The summed E-state index contributed by atoms with van der Waals surface area (Å²) in [5, 5.41) is 8.78. The number of carboxylic acid groups (broad SMARTS) is 1. The number of hydrogen-bond acceptors (Lipinski definition) is 3. The Kier molecular flexibility index (Phi) is 6.12. The monoisotopic (exact) mass is 256 g/mol. The summed E-state index contributed by atoms with van der Waals surface area (Å²) in [4.78, 5) is 24.5. The van der Waals surface area contributed by atoms with Crippen molar-refractivity contribution in [1.29, 1.82) is 0 Å². The highest BCUT2D eigenvalue weighted by Gasteiger charge is 2.25. The van der Waals surface area contributed by atoms with Gasteiger partial charge in [-0.1, -0.05) is 13.3 Å². The van der Waals surface area contributed by atoms with Gasteiger partial charge in [0, 0.05) is 32.0 Å². The van der Waals surface area contributed by atoms with Crippen molar-refractivity contribution in [1.82, 2.24) is 4.90 Å². The molecule has 0 bridgehead atoms. The maximum absolute atomic E-state index is 12.0. The van der Waals surface area contributed by atoms with Gasteiger partial charge in [0.15, 0.2) is 0 Å². The number of piperidine rings is 1. The Hall–Kier alpha value is -1.10. The third-order valence-corrected chi connectivity index (χ3v) is 3.43. The first kappa shape index (κ1) is 15.0. The fourth-order valence-corrected chi connectivity index (χ4v) is 2.53. The molecule has 104 valence electrons. The summed E-state index contributed by atoms with van der Waals surface area (Å²) in [7, 11) is 0. The van der Waals surface area contributed by atoms with Crippen molar-refractivity contribution in [2.75, 3.05) is 13.1 Å². The summed E-state index contributed by atoms with van der Waals surface area (Å²) in [6, 6.07) is -0.0673. The minimum absolute atomic E-state index is 0.0673. The van der Waals surface area contributed by atoms with Crippen LogP contribution in [0.25, 0.3) is 0 Å². The molecule has 0 saturated carbocycles. The summed E-state index contributed by atoms with van der Waals surface area (Å²) in [5.74, 6) is -0.606. The van der Waals surface area contributed by atoms with Gasteiger partial charge in [-0.2, -0.15) is 0 Å². The zero-order valence-corrected chi connectivity index (χ0v) is 11.1. The largest absolute Gasteiger partial charge is 0.481 e. The SMILES string of the molecule is CCCC(N)CC(=O)N1CCCC(CC(=O)O)C1. The number of amides is 1. The number of rotatable bonds is 6. The molecule has 5 heteroatoms. The summed E-state index contributed by atoms with van der Waals surface area (Å²) < 4.78 is 0. The van der Waals surface area contributed by atoms with Crippen molar-refractivity contribution in [2.45, 2.75) is 51.5 Å². The van der Waals surface area contributed by atoms with Gasteiger partial charge >= 0.3 is 5.97 Å². The van der Waals surface area contributed by atoms with Crippen molar-refractivity contribution < 1.29 is 14.7 Å². The van der Waals surface area contributed by atoms with Gasteiger partial charge in [-0.15, -0.1) is 0 Å². The van der Waals surface area contributed by atoms with E-state index in [1.54, 1.807) is 4.90 Å². The summed E-state index contributed by atoms with van der Waals surface area (Å²) in [5.41, 5.74) is 5.87. The zero-order chi connectivity index (χ0) is 13.5. The first-order valence-corrected chi connectivity index (χ1v) is 6.78. The molecule has 5 nitrogen and oxygen atoms in total. The topological polar surface area (TPSA) is 83.6 Å². The van der Waals surface area contributed by atoms with E-state index >= 15 is 0 Å². The fraction of sp³-hybridized carbons (Fsp3) is 0.846. The van der Waals surface area contributed by atoms with Crippen LogP contribution in [-0.4, -0.2) is 41.0 Å². The van der Waals surface area contributed by atoms with Gasteiger partial charge in [-0.25, -0.2) is 0 Å². The predicted molar refractivity (Wildman–Crippen MR) is 69.1 cm³/mol. The van der Waals surface area contributed by atoms with Gasteiger partial charge in [0.05, 0.1) is 0 Å². The molecule has 2 unspecified atom stereocenters. The lowest BCUT2D eigenvalue weighted by Gasteiger charge is -2.32. The molecular formula is C13H24N2O3. The van der Waals surface area contributed by atoms with E-state index in [4.69, 9.17) is 10.8 Å². The molecule has 1 heterocycles. The van der Waals surface area contributed by atoms with Crippen LogP contribution in [0.2, 0.25) is 0 Å². The zero-order valence-electron chi connectivity index (χ0n) is 11.1. The first-order valence-electron chi connectivity index (χ1n) is 6.78. The van der Waals surface area contributed by atoms with Crippen molar-refractivity contribution >= 4 is 11.9 Å². The molecular weight excluding hydrogens is 232 g/mol. The van der Waals surface area contributed by atoms with Gasteiger partial charge in [0.2, 0.25) is 5.91 Å². The maximum atomic E-state index is 12.0. The highest BCUT2D eigenvalue weighted by atomic mass is 16.4. The number of hydrogen-bond donors (Lipinski definition) is 2. The molecule has 1 fully saturated rings. The summed E-state index contributed by atoms with van der Waals surface area (Å²) >= 11 is 0. The van der Waals surface area contributed by atoms with Crippen molar-refractivity contribution in [3.05, 3.63) is 0 Å². The highest BCUT2D eigenvalue weighted by Crippen LogP contribution is 2.20. The Morgan fingerprint density at radius 1 is 1.50 bits per heavy atom. The number of carboxylic acids is 1. The number of carbonyl (C=O) groups excluding carboxylic acids is 1. The third-order valence-electron chi connectivity index (χ3n) is 3.43. The minimum Gasteiger partial charge on any atom is -0.481 e. The van der Waals surface area contributed by atoms with E-state index in [9.17, 15) is 9.59 Å². The van der Waals surface area contributed by atoms with Crippen LogP contribution in [0.15, 0.2) is 0 Å². The minimum atomic E-state index is -0.781. The van der Waals surface area contributed by atoms with Crippen LogP contribution in [0.4, 0.5) is 0 Å². The van der Waals surface area contributed by atoms with E-state index in [2.05, 4.69) is 0 Å². The van der Waals surface area contributed by atoms with Crippen LogP contribution in [0, 0.1) is 5.92 Å². The van der Waals surface area contributed by atoms with Crippen molar-refractivity contribution in [2.24, 2.45) is 11.7 Å². The molecule has 1 aliphatic rings. The van der Waals surface area contributed by atoms with Crippen LogP contribution >= 0.6 is 0 Å². The lowest BCUT2D eigenvalue weighted by molar-refractivity contribution is -0.140. The number of likely N-dealkylation sites (tertiary alicyclic amines) is 1. The Bertz CT molecular complexity index is 294. The predicted octanol–water partition coefficient (Wildman–Crippen LogP) is 1.22. The van der Waals surface area contributed by atoms with E-state index in [1.807, 2.05) is 6.92 Å². The number of aliphatic carboxylic acids is 1. The van der Waals surface area contributed by atoms with Crippen LogP contribution in [0.5, 0.6) is 0 Å². The Balaban J connectivity index is 2.40. The molecule has 18 heavy (non-hydrogen) atoms. The molecule has 2 atom stereocenters. The standard InChI is InChI=1S/C13H24N2O3/c1-2-4-11(14)8-12(16)15-6-3-5-10(9-15)7-13(17)18/h10-11H,2-9,14H2,1H3,(H,17,18). The van der Waals surface area contributed by atoms with Crippen molar-refractivity contribution in [3.8, 4) is 0 Å². The van der Waals surface area contributed by atoms with E-state index in [-0.39, 0.29) is 24.3 Å². The molecule has 0 aromatic heterocycles. The van der Waals surface area contributed by atoms with Gasteiger partial charge in [-0.3, -0.25) is 9.59 Å². The Morgan fingerprint density at radius 2 is 2.22 bits per heavy atom. The molecule has 0 aliphatic carbocycles. The molecule has 1 aliphatic heterocycles. The molecule has 1 rings (SSSR count). The molecule has 1 amide bonds. The molecule has 3 N–H and O–H groups in total. The van der Waals surface area contributed by atoms with E-state index in [1.165, 1.54) is 0 Å². The number of nitrogens with two attached hydrogens (primary N) is 1. The maximum Gasteiger partial charge on any atom is 0.303 e. The Labute approximate surface area is 108 Å². The van der Waals surface area contributed by atoms with Crippen LogP contribution < -0.4 is 5.73 Å². The second kappa shape index (κ2) is 7.36. The fourth-order valence-electron chi connectivity index (χ4n) is 2.53. The lowest BCUT2D eigenvalue weighted by atomic mass is 9.94. The van der Waals surface area contributed by atoms with Crippen molar-refractivity contribution in [3.63, 3.8) is 0 Å². The molecule has 0 radical (unpaired) electrons. The molecule has 0 aromatic carbocycles. The van der Waals surface area contributed by atoms with E-state index in [0.29, 0.717) is 13.0 Å². The molecule has 0 spiro atoms. The van der Waals surface area contributed by atoms with Gasteiger partial charge in [-0.05, 0) is 25.2 Å². The smallest absolute Gasteiger partial charge is 0.303 e. The van der Waals surface area contributed by atoms with Crippen LogP contribution in [-0.2, 0) is 9.59 Å². The van der Waals surface area contributed by atoms with Gasteiger partial charge in [0.1, 0.15) is 0 Å². The van der Waals surface area contributed by atoms with Gasteiger partial charge < -0.3 is 15.7 Å². The molecule has 0 aromatic rings. The van der Waals surface area contributed by atoms with E-state index in [0.717, 1.165) is 32.2 Å². The van der Waals surface area contributed by atoms with Crippen LogP contribution in [0.1, 0.15) is 45.4 Å². The lowest BCUT2D eigenvalue weighted by Crippen LogP contribution is -2.42. The highest BCUT2D eigenvalue weighted by molar-refractivity contribution is 5.77.